The summed E-state index contributed by atoms with van der Waals surface area (Å²) in [7, 11) is 0. The van der Waals surface area contributed by atoms with Crippen LogP contribution in [0.2, 0.25) is 0 Å². The normalized spacial score (nSPS) is 25.3. The maximum absolute atomic E-state index is 9.08. The first kappa shape index (κ1) is 12.0. The molecule has 1 aliphatic rings. The zero-order chi connectivity index (χ0) is 11.6. The first-order chi connectivity index (χ1) is 6.88. The third-order valence-electron chi connectivity index (χ3n) is 2.58. The molecule has 0 spiro atoms. The molecular formula is C13H19NO. The maximum atomic E-state index is 9.08. The van der Waals surface area contributed by atoms with Crippen molar-refractivity contribution in [2.75, 3.05) is 0 Å². The van der Waals surface area contributed by atoms with E-state index in [-0.39, 0.29) is 11.7 Å². The summed E-state index contributed by atoms with van der Waals surface area (Å²) in [6.45, 7) is 10.2. The second-order valence-corrected chi connectivity index (χ2v) is 4.81. The average molecular weight is 205 g/mol. The molecule has 0 N–H and O–H groups in total. The monoisotopic (exact) mass is 205 g/mol. The van der Waals surface area contributed by atoms with E-state index in [1.54, 1.807) is 0 Å². The zero-order valence-corrected chi connectivity index (χ0v) is 10.2. The summed E-state index contributed by atoms with van der Waals surface area (Å²) in [5.41, 5.74) is 1.44. The van der Waals surface area contributed by atoms with Gasteiger partial charge in [-0.1, -0.05) is 26.0 Å². The zero-order valence-electron chi connectivity index (χ0n) is 10.2. The van der Waals surface area contributed by atoms with E-state index < -0.39 is 0 Å². The molecular weight excluding hydrogens is 186 g/mol. The fourth-order valence-electron chi connectivity index (χ4n) is 1.84. The van der Waals surface area contributed by atoms with Gasteiger partial charge in [0.15, 0.2) is 0 Å². The van der Waals surface area contributed by atoms with Gasteiger partial charge in [0.05, 0.1) is 23.3 Å². The molecule has 82 valence electrons. The number of nitriles is 1. The summed E-state index contributed by atoms with van der Waals surface area (Å²) < 4.78 is 5.75. The second kappa shape index (κ2) is 4.20. The van der Waals surface area contributed by atoms with Crippen molar-refractivity contribution >= 4 is 0 Å². The highest BCUT2D eigenvalue weighted by Gasteiger charge is 2.36. The largest absolute Gasteiger partial charge is 0.362 e. The molecule has 0 aromatic rings. The molecule has 2 nitrogen and oxygen atoms in total. The van der Waals surface area contributed by atoms with Crippen molar-refractivity contribution in [2.45, 2.75) is 46.3 Å². The maximum Gasteiger partial charge on any atom is 0.0978 e. The van der Waals surface area contributed by atoms with E-state index in [1.165, 1.54) is 0 Å². The Bertz CT molecular complexity index is 342. The quantitative estimate of drug-likeness (QED) is 0.693. The number of allylic oxidation sites excluding steroid dienone is 1. The summed E-state index contributed by atoms with van der Waals surface area (Å²) in [6.07, 6.45) is 4.06. The molecule has 0 saturated heterocycles. The first-order valence-electron chi connectivity index (χ1n) is 5.39. The number of nitrogens with zero attached hydrogens (tertiary/aromatic N) is 1. The Morgan fingerprint density at radius 1 is 1.47 bits per heavy atom. The van der Waals surface area contributed by atoms with Gasteiger partial charge >= 0.3 is 0 Å². The van der Waals surface area contributed by atoms with Crippen LogP contribution < -0.4 is 0 Å². The standard InChI is InChI=1S/C13H19NO/c1-9(2)6-7-12-11(8-14)10(3)15-13(12,4)5/h6-7,9-10H,1-5H3/b7-6+. The molecule has 0 fully saturated rings. The van der Waals surface area contributed by atoms with Crippen molar-refractivity contribution in [1.82, 2.24) is 0 Å². The van der Waals surface area contributed by atoms with Crippen molar-refractivity contribution in [1.29, 1.82) is 5.26 Å². The predicted octanol–water partition coefficient (Wildman–Crippen LogP) is 3.22. The number of ether oxygens (including phenoxy) is 1. The van der Waals surface area contributed by atoms with Crippen LogP contribution in [0.3, 0.4) is 0 Å². The molecule has 1 aliphatic heterocycles. The van der Waals surface area contributed by atoms with E-state index >= 15 is 0 Å². The van der Waals surface area contributed by atoms with Gasteiger partial charge in [-0.2, -0.15) is 5.26 Å². The minimum atomic E-state index is -0.337. The Balaban J connectivity index is 3.09. The smallest absolute Gasteiger partial charge is 0.0978 e. The van der Waals surface area contributed by atoms with Crippen molar-refractivity contribution in [3.05, 3.63) is 23.3 Å². The van der Waals surface area contributed by atoms with Gasteiger partial charge in [0.25, 0.3) is 0 Å². The fourth-order valence-corrected chi connectivity index (χ4v) is 1.84. The highest BCUT2D eigenvalue weighted by Crippen LogP contribution is 2.36. The molecule has 1 atom stereocenters. The van der Waals surface area contributed by atoms with Crippen molar-refractivity contribution in [2.24, 2.45) is 5.92 Å². The van der Waals surface area contributed by atoms with Gasteiger partial charge < -0.3 is 4.74 Å². The minimum Gasteiger partial charge on any atom is -0.362 e. The summed E-state index contributed by atoms with van der Waals surface area (Å²) in [5, 5.41) is 9.08. The molecule has 0 aliphatic carbocycles. The van der Waals surface area contributed by atoms with E-state index in [1.807, 2.05) is 26.8 Å². The van der Waals surface area contributed by atoms with E-state index in [0.717, 1.165) is 11.1 Å². The lowest BCUT2D eigenvalue weighted by Gasteiger charge is -2.21. The van der Waals surface area contributed by atoms with Gasteiger partial charge in [0, 0.05) is 0 Å². The number of hydrogen-bond acceptors (Lipinski definition) is 2. The van der Waals surface area contributed by atoms with Crippen LogP contribution in [-0.2, 0) is 4.74 Å². The van der Waals surface area contributed by atoms with Crippen LogP contribution in [0.25, 0.3) is 0 Å². The SMILES string of the molecule is CC(C)/C=C/C1=C(C#N)C(C)OC1(C)C. The average Bonchev–Trinajstić information content (AvgIpc) is 2.31. The fraction of sp³-hybridized carbons (Fsp3) is 0.615. The molecule has 0 radical (unpaired) electrons. The molecule has 0 bridgehead atoms. The van der Waals surface area contributed by atoms with E-state index in [4.69, 9.17) is 10.00 Å². The van der Waals surface area contributed by atoms with Gasteiger partial charge in [-0.05, 0) is 32.3 Å². The lowest BCUT2D eigenvalue weighted by Crippen LogP contribution is -2.23. The lowest BCUT2D eigenvalue weighted by molar-refractivity contribution is 0.00475. The first-order valence-corrected chi connectivity index (χ1v) is 5.39. The van der Waals surface area contributed by atoms with Crippen molar-refractivity contribution in [3.63, 3.8) is 0 Å². The number of rotatable bonds is 2. The Labute approximate surface area is 92.2 Å². The molecule has 0 amide bonds. The van der Waals surface area contributed by atoms with Crippen LogP contribution in [0, 0.1) is 17.2 Å². The Kier molecular flexibility index (Phi) is 3.36. The van der Waals surface area contributed by atoms with Crippen LogP contribution in [0.5, 0.6) is 0 Å². The van der Waals surface area contributed by atoms with Gasteiger partial charge in [-0.25, -0.2) is 0 Å². The van der Waals surface area contributed by atoms with Gasteiger partial charge in [0.2, 0.25) is 0 Å². The van der Waals surface area contributed by atoms with Gasteiger partial charge in [-0.15, -0.1) is 0 Å². The van der Waals surface area contributed by atoms with Crippen LogP contribution in [0.1, 0.15) is 34.6 Å². The molecule has 1 heterocycles. The van der Waals surface area contributed by atoms with Crippen LogP contribution in [-0.4, -0.2) is 11.7 Å². The van der Waals surface area contributed by atoms with Crippen LogP contribution in [0.15, 0.2) is 23.3 Å². The van der Waals surface area contributed by atoms with Crippen molar-refractivity contribution < 1.29 is 4.74 Å². The van der Waals surface area contributed by atoms with Crippen LogP contribution in [0.4, 0.5) is 0 Å². The molecule has 15 heavy (non-hydrogen) atoms. The van der Waals surface area contributed by atoms with E-state index in [0.29, 0.717) is 5.92 Å². The minimum absolute atomic E-state index is 0.0863. The van der Waals surface area contributed by atoms with Gasteiger partial charge in [0.1, 0.15) is 0 Å². The Hall–Kier alpha value is -1.07. The third-order valence-corrected chi connectivity index (χ3v) is 2.58. The molecule has 2 heteroatoms. The Morgan fingerprint density at radius 3 is 2.53 bits per heavy atom. The summed E-state index contributed by atoms with van der Waals surface area (Å²) in [6, 6.07) is 2.25. The van der Waals surface area contributed by atoms with E-state index in [9.17, 15) is 0 Å². The lowest BCUT2D eigenvalue weighted by atomic mass is 9.94. The molecule has 1 rings (SSSR count). The predicted molar refractivity (Wildman–Crippen MR) is 61.2 cm³/mol. The molecule has 0 aromatic heterocycles. The summed E-state index contributed by atoms with van der Waals surface area (Å²) >= 11 is 0. The van der Waals surface area contributed by atoms with Crippen LogP contribution >= 0.6 is 0 Å². The topological polar surface area (TPSA) is 33.0 Å². The molecule has 0 aromatic carbocycles. The summed E-state index contributed by atoms with van der Waals surface area (Å²) in [5.74, 6) is 0.490. The highest BCUT2D eigenvalue weighted by molar-refractivity contribution is 5.45. The van der Waals surface area contributed by atoms with E-state index in [2.05, 4.69) is 26.0 Å². The highest BCUT2D eigenvalue weighted by atomic mass is 16.5. The molecule has 1 unspecified atom stereocenters. The van der Waals surface area contributed by atoms with Crippen molar-refractivity contribution in [3.8, 4) is 6.07 Å². The summed E-state index contributed by atoms with van der Waals surface area (Å²) in [4.78, 5) is 0. The van der Waals surface area contributed by atoms with Gasteiger partial charge in [-0.3, -0.25) is 0 Å². The third kappa shape index (κ3) is 2.49. The second-order valence-electron chi connectivity index (χ2n) is 4.81. The number of hydrogen-bond donors (Lipinski definition) is 0. The Morgan fingerprint density at radius 2 is 2.07 bits per heavy atom. The molecule has 0 saturated carbocycles.